The predicted molar refractivity (Wildman–Crippen MR) is 86.5 cm³/mol. The molecular weight excluding hydrogens is 370 g/mol. The second-order valence-electron chi connectivity index (χ2n) is 5.25. The summed E-state index contributed by atoms with van der Waals surface area (Å²) in [4.78, 5) is 2.49. The van der Waals surface area contributed by atoms with Gasteiger partial charge in [0.1, 0.15) is 5.75 Å². The molecule has 0 radical (unpaired) electrons. The first-order valence-electron chi connectivity index (χ1n) is 7.02. The third-order valence-corrected chi connectivity index (χ3v) is 5.04. The average molecular weight is 391 g/mol. The largest absolute Gasteiger partial charge is 0.506 e. The molecule has 1 aliphatic rings. The summed E-state index contributed by atoms with van der Waals surface area (Å²) in [5.74, 6) is 0.373. The van der Waals surface area contributed by atoms with Crippen LogP contribution in [-0.4, -0.2) is 22.6 Å². The number of phenolic OH excluding ortho intramolecular Hbond substituents is 1. The summed E-state index contributed by atoms with van der Waals surface area (Å²) >= 11 is 6.90. The summed E-state index contributed by atoms with van der Waals surface area (Å²) in [7, 11) is 0. The van der Waals surface area contributed by atoms with Gasteiger partial charge < -0.3 is 5.11 Å². The van der Waals surface area contributed by atoms with E-state index >= 15 is 0 Å². The molecule has 0 amide bonds. The third kappa shape index (κ3) is 3.96. The van der Waals surface area contributed by atoms with E-state index in [1.807, 2.05) is 12.1 Å². The fourth-order valence-corrected chi connectivity index (χ4v) is 4.22. The van der Waals surface area contributed by atoms with E-state index in [0.29, 0.717) is 11.8 Å². The van der Waals surface area contributed by atoms with Crippen molar-refractivity contribution in [3.63, 3.8) is 0 Å². The van der Waals surface area contributed by atoms with Gasteiger partial charge >= 0.3 is 0 Å². The molecule has 106 valence electrons. The number of halogens is 2. The minimum absolute atomic E-state index is 0.373. The van der Waals surface area contributed by atoms with Crippen molar-refractivity contribution < 1.29 is 5.11 Å². The molecule has 2 nitrogen and oxygen atoms in total. The summed E-state index contributed by atoms with van der Waals surface area (Å²) in [6, 6.07) is 4.58. The van der Waals surface area contributed by atoms with Crippen LogP contribution in [0.3, 0.4) is 0 Å². The highest BCUT2D eigenvalue weighted by Crippen LogP contribution is 2.33. The van der Waals surface area contributed by atoms with Gasteiger partial charge in [-0.3, -0.25) is 4.90 Å². The van der Waals surface area contributed by atoms with E-state index < -0.39 is 0 Å². The molecule has 0 saturated heterocycles. The van der Waals surface area contributed by atoms with E-state index in [0.717, 1.165) is 27.6 Å². The zero-order chi connectivity index (χ0) is 13.8. The Morgan fingerprint density at radius 1 is 1.21 bits per heavy atom. The molecule has 0 atom stereocenters. The first-order chi connectivity index (χ1) is 9.11. The van der Waals surface area contributed by atoms with Gasteiger partial charge in [-0.2, -0.15) is 0 Å². The van der Waals surface area contributed by atoms with Crippen molar-refractivity contribution in [2.75, 3.05) is 6.54 Å². The number of aromatic hydroxyl groups is 1. The van der Waals surface area contributed by atoms with Crippen LogP contribution in [0.4, 0.5) is 0 Å². The molecule has 0 bridgehead atoms. The van der Waals surface area contributed by atoms with Crippen LogP contribution in [0.2, 0.25) is 0 Å². The van der Waals surface area contributed by atoms with E-state index in [9.17, 15) is 5.11 Å². The highest BCUT2D eigenvalue weighted by atomic mass is 79.9. The maximum absolute atomic E-state index is 10.2. The summed E-state index contributed by atoms with van der Waals surface area (Å²) in [6.45, 7) is 4.07. The number of hydrogen-bond acceptors (Lipinski definition) is 2. The molecule has 19 heavy (non-hydrogen) atoms. The van der Waals surface area contributed by atoms with E-state index in [2.05, 4.69) is 43.7 Å². The first-order valence-corrected chi connectivity index (χ1v) is 8.61. The van der Waals surface area contributed by atoms with Gasteiger partial charge in [0.25, 0.3) is 0 Å². The lowest BCUT2D eigenvalue weighted by atomic mass is 9.94. The molecule has 0 spiro atoms. The molecule has 0 aromatic heterocycles. The molecule has 2 rings (SSSR count). The predicted octanol–water partition coefficient (Wildman–Crippen LogP) is 5.07. The average Bonchev–Trinajstić information content (AvgIpc) is 2.42. The Morgan fingerprint density at radius 2 is 1.89 bits per heavy atom. The molecule has 1 saturated carbocycles. The number of benzene rings is 1. The van der Waals surface area contributed by atoms with Gasteiger partial charge in [-0.05, 0) is 47.4 Å². The molecule has 1 aromatic rings. The maximum Gasteiger partial charge on any atom is 0.134 e. The molecule has 0 unspecified atom stereocenters. The SMILES string of the molecule is CCN(Cc1cc(Br)cc(Br)c1O)C1CCCCC1. The van der Waals surface area contributed by atoms with Gasteiger partial charge in [0.2, 0.25) is 0 Å². The highest BCUT2D eigenvalue weighted by Gasteiger charge is 2.21. The summed E-state index contributed by atoms with van der Waals surface area (Å²) < 4.78 is 1.77. The second kappa shape index (κ2) is 7.09. The lowest BCUT2D eigenvalue weighted by Gasteiger charge is -2.33. The van der Waals surface area contributed by atoms with Gasteiger partial charge in [-0.25, -0.2) is 0 Å². The van der Waals surface area contributed by atoms with Crippen LogP contribution in [-0.2, 0) is 6.54 Å². The van der Waals surface area contributed by atoms with Crippen molar-refractivity contribution in [1.82, 2.24) is 4.90 Å². The molecule has 1 aromatic carbocycles. The number of phenols is 1. The lowest BCUT2D eigenvalue weighted by Crippen LogP contribution is -2.36. The third-order valence-electron chi connectivity index (χ3n) is 3.98. The molecule has 1 aliphatic carbocycles. The molecule has 0 aliphatic heterocycles. The van der Waals surface area contributed by atoms with Crippen LogP contribution < -0.4 is 0 Å². The van der Waals surface area contributed by atoms with Crippen LogP contribution >= 0.6 is 31.9 Å². The topological polar surface area (TPSA) is 23.5 Å². The van der Waals surface area contributed by atoms with E-state index in [-0.39, 0.29) is 0 Å². The van der Waals surface area contributed by atoms with Crippen molar-refractivity contribution in [1.29, 1.82) is 0 Å². The van der Waals surface area contributed by atoms with Crippen molar-refractivity contribution in [3.05, 3.63) is 26.6 Å². The molecule has 4 heteroatoms. The van der Waals surface area contributed by atoms with Gasteiger partial charge in [0.15, 0.2) is 0 Å². The van der Waals surface area contributed by atoms with Crippen LogP contribution in [0.25, 0.3) is 0 Å². The number of nitrogens with zero attached hydrogens (tertiary/aromatic N) is 1. The quantitative estimate of drug-likeness (QED) is 0.775. The molecule has 1 N–H and O–H groups in total. The zero-order valence-corrected chi connectivity index (χ0v) is 14.5. The van der Waals surface area contributed by atoms with Gasteiger partial charge in [0.05, 0.1) is 4.47 Å². The van der Waals surface area contributed by atoms with Crippen molar-refractivity contribution in [3.8, 4) is 5.75 Å². The minimum Gasteiger partial charge on any atom is -0.506 e. The monoisotopic (exact) mass is 389 g/mol. The number of hydrogen-bond donors (Lipinski definition) is 1. The Morgan fingerprint density at radius 3 is 2.53 bits per heavy atom. The lowest BCUT2D eigenvalue weighted by molar-refractivity contribution is 0.154. The second-order valence-corrected chi connectivity index (χ2v) is 7.02. The number of rotatable bonds is 4. The Hall–Kier alpha value is -0.0600. The summed E-state index contributed by atoms with van der Waals surface area (Å²) in [6.07, 6.45) is 6.65. The fraction of sp³-hybridized carbons (Fsp3) is 0.600. The normalized spacial score (nSPS) is 17.1. The fourth-order valence-electron chi connectivity index (χ4n) is 2.90. The van der Waals surface area contributed by atoms with E-state index in [1.54, 1.807) is 0 Å². The van der Waals surface area contributed by atoms with Crippen LogP contribution in [0, 0.1) is 0 Å². The van der Waals surface area contributed by atoms with Crippen molar-refractivity contribution in [2.45, 2.75) is 51.6 Å². The van der Waals surface area contributed by atoms with Crippen molar-refractivity contribution in [2.24, 2.45) is 0 Å². The van der Waals surface area contributed by atoms with Gasteiger partial charge in [-0.1, -0.05) is 42.1 Å². The molecule has 1 fully saturated rings. The highest BCUT2D eigenvalue weighted by molar-refractivity contribution is 9.11. The van der Waals surface area contributed by atoms with Gasteiger partial charge in [0, 0.05) is 22.6 Å². The maximum atomic E-state index is 10.2. The van der Waals surface area contributed by atoms with Crippen molar-refractivity contribution >= 4 is 31.9 Å². The Labute approximate surface area is 132 Å². The smallest absolute Gasteiger partial charge is 0.134 e. The van der Waals surface area contributed by atoms with E-state index in [4.69, 9.17) is 0 Å². The van der Waals surface area contributed by atoms with Crippen LogP contribution in [0.15, 0.2) is 21.1 Å². The standard InChI is InChI=1S/C15H21Br2NO/c1-2-18(13-6-4-3-5-7-13)10-11-8-12(16)9-14(17)15(11)19/h8-9,13,19H,2-7,10H2,1H3. The first kappa shape index (κ1) is 15.3. The molecule has 0 heterocycles. The van der Waals surface area contributed by atoms with Crippen LogP contribution in [0.5, 0.6) is 5.75 Å². The van der Waals surface area contributed by atoms with Crippen LogP contribution in [0.1, 0.15) is 44.6 Å². The summed E-state index contributed by atoms with van der Waals surface area (Å²) in [5, 5.41) is 10.2. The summed E-state index contributed by atoms with van der Waals surface area (Å²) in [5.41, 5.74) is 0.994. The van der Waals surface area contributed by atoms with E-state index in [1.165, 1.54) is 32.1 Å². The Kier molecular flexibility index (Phi) is 5.72. The minimum atomic E-state index is 0.373. The zero-order valence-electron chi connectivity index (χ0n) is 11.3. The molecular formula is C15H21Br2NO. The van der Waals surface area contributed by atoms with Gasteiger partial charge in [-0.15, -0.1) is 0 Å². The Balaban J connectivity index is 2.13. The Bertz CT molecular complexity index is 430.